The number of rotatable bonds is 6. The van der Waals surface area contributed by atoms with Crippen LogP contribution in [0.15, 0.2) is 67.0 Å². The van der Waals surface area contributed by atoms with Crippen molar-refractivity contribution in [2.24, 2.45) is 0 Å². The van der Waals surface area contributed by atoms with Gasteiger partial charge in [0.05, 0.1) is 11.9 Å². The zero-order valence-electron chi connectivity index (χ0n) is 15.5. The van der Waals surface area contributed by atoms with E-state index < -0.39 is 0 Å². The molecule has 0 atom stereocenters. The molecule has 1 aromatic heterocycles. The summed E-state index contributed by atoms with van der Waals surface area (Å²) in [6.45, 7) is 3.67. The van der Waals surface area contributed by atoms with Crippen LogP contribution in [0.4, 0.5) is 11.4 Å². The standard InChI is InChI=1S/C23H23N3O/c1-2-3-13-26-16-18-14-19(9-10-21(18)23(26)27)25-22-15-24-12-11-20(22)17-7-5-4-6-8-17/h4-12,14-15,25H,2-3,13,16H2,1H3. The lowest BCUT2D eigenvalue weighted by molar-refractivity contribution is 0.0776. The molecule has 3 aromatic rings. The van der Waals surface area contributed by atoms with Crippen molar-refractivity contribution in [3.63, 3.8) is 0 Å². The second-order valence-electron chi connectivity index (χ2n) is 6.86. The lowest BCUT2D eigenvalue weighted by atomic mass is 10.0. The molecule has 1 amide bonds. The number of carbonyl (C=O) groups is 1. The molecule has 2 aromatic carbocycles. The third kappa shape index (κ3) is 3.56. The van der Waals surface area contributed by atoms with Crippen molar-refractivity contribution >= 4 is 17.3 Å². The number of nitrogens with zero attached hydrogens (tertiary/aromatic N) is 2. The second kappa shape index (κ2) is 7.62. The molecule has 27 heavy (non-hydrogen) atoms. The Morgan fingerprint density at radius 1 is 1.07 bits per heavy atom. The van der Waals surface area contributed by atoms with Gasteiger partial charge in [0.2, 0.25) is 0 Å². The van der Waals surface area contributed by atoms with Crippen molar-refractivity contribution < 1.29 is 4.79 Å². The summed E-state index contributed by atoms with van der Waals surface area (Å²) in [6, 6.07) is 18.3. The van der Waals surface area contributed by atoms with Crippen LogP contribution in [0.2, 0.25) is 0 Å². The van der Waals surface area contributed by atoms with E-state index in [4.69, 9.17) is 0 Å². The summed E-state index contributed by atoms with van der Waals surface area (Å²) in [5.74, 6) is 0.149. The number of benzene rings is 2. The minimum atomic E-state index is 0.149. The number of nitrogens with one attached hydrogen (secondary N) is 1. The van der Waals surface area contributed by atoms with Crippen molar-refractivity contribution in [1.82, 2.24) is 9.88 Å². The number of amides is 1. The van der Waals surface area contributed by atoms with Gasteiger partial charge in [-0.15, -0.1) is 0 Å². The average Bonchev–Trinajstić information content (AvgIpc) is 3.02. The second-order valence-corrected chi connectivity index (χ2v) is 6.86. The summed E-state index contributed by atoms with van der Waals surface area (Å²) in [6.07, 6.45) is 5.78. The Hall–Kier alpha value is -3.14. The molecule has 0 aliphatic carbocycles. The minimum Gasteiger partial charge on any atom is -0.354 e. The number of aromatic nitrogens is 1. The van der Waals surface area contributed by atoms with Crippen molar-refractivity contribution in [3.05, 3.63) is 78.1 Å². The summed E-state index contributed by atoms with van der Waals surface area (Å²) in [5.41, 5.74) is 6.09. The molecule has 0 saturated carbocycles. The van der Waals surface area contributed by atoms with Gasteiger partial charge in [-0.05, 0) is 41.8 Å². The van der Waals surface area contributed by atoms with Gasteiger partial charge in [-0.1, -0.05) is 43.7 Å². The highest BCUT2D eigenvalue weighted by atomic mass is 16.2. The molecular weight excluding hydrogens is 334 g/mol. The zero-order chi connectivity index (χ0) is 18.6. The zero-order valence-corrected chi connectivity index (χ0v) is 15.5. The number of pyridine rings is 1. The smallest absolute Gasteiger partial charge is 0.254 e. The third-order valence-electron chi connectivity index (χ3n) is 4.95. The Morgan fingerprint density at radius 3 is 2.74 bits per heavy atom. The van der Waals surface area contributed by atoms with Crippen LogP contribution in [0, 0.1) is 0 Å². The first-order valence-corrected chi connectivity index (χ1v) is 9.45. The predicted molar refractivity (Wildman–Crippen MR) is 109 cm³/mol. The number of hydrogen-bond acceptors (Lipinski definition) is 3. The SMILES string of the molecule is CCCCN1Cc2cc(Nc3cnccc3-c3ccccc3)ccc2C1=O. The monoisotopic (exact) mass is 357 g/mol. The molecule has 0 radical (unpaired) electrons. The van der Waals surface area contributed by atoms with E-state index >= 15 is 0 Å². The molecule has 4 nitrogen and oxygen atoms in total. The Kier molecular flexibility index (Phi) is 4.88. The number of anilines is 2. The van der Waals surface area contributed by atoms with Gasteiger partial charge in [0.25, 0.3) is 5.91 Å². The highest BCUT2D eigenvalue weighted by Gasteiger charge is 2.26. The van der Waals surface area contributed by atoms with E-state index in [0.717, 1.165) is 53.0 Å². The molecule has 4 heteroatoms. The van der Waals surface area contributed by atoms with Crippen molar-refractivity contribution in [2.45, 2.75) is 26.3 Å². The molecule has 136 valence electrons. The quantitative estimate of drug-likeness (QED) is 0.655. The Bertz CT molecular complexity index is 953. The number of fused-ring (bicyclic) bond motifs is 1. The van der Waals surface area contributed by atoms with Crippen LogP contribution in [0.3, 0.4) is 0 Å². The molecule has 0 fully saturated rings. The lowest BCUT2D eigenvalue weighted by Crippen LogP contribution is -2.24. The summed E-state index contributed by atoms with van der Waals surface area (Å²) in [7, 11) is 0. The first-order valence-electron chi connectivity index (χ1n) is 9.45. The summed E-state index contributed by atoms with van der Waals surface area (Å²) >= 11 is 0. The van der Waals surface area contributed by atoms with Gasteiger partial charge >= 0.3 is 0 Å². The molecule has 0 saturated heterocycles. The highest BCUT2D eigenvalue weighted by Crippen LogP contribution is 2.31. The fourth-order valence-corrected chi connectivity index (χ4v) is 3.51. The summed E-state index contributed by atoms with van der Waals surface area (Å²) in [4.78, 5) is 18.7. The van der Waals surface area contributed by atoms with Gasteiger partial charge in [-0.3, -0.25) is 9.78 Å². The maximum Gasteiger partial charge on any atom is 0.254 e. The van der Waals surface area contributed by atoms with Crippen molar-refractivity contribution in [2.75, 3.05) is 11.9 Å². The fraction of sp³-hybridized carbons (Fsp3) is 0.217. The number of unbranched alkanes of at least 4 members (excludes halogenated alkanes) is 1. The Morgan fingerprint density at radius 2 is 1.93 bits per heavy atom. The maximum atomic E-state index is 12.5. The topological polar surface area (TPSA) is 45.2 Å². The van der Waals surface area contributed by atoms with Gasteiger partial charge in [0.15, 0.2) is 0 Å². The van der Waals surface area contributed by atoms with E-state index in [2.05, 4.69) is 35.4 Å². The van der Waals surface area contributed by atoms with Crippen LogP contribution in [0.25, 0.3) is 11.1 Å². The largest absolute Gasteiger partial charge is 0.354 e. The minimum absolute atomic E-state index is 0.149. The van der Waals surface area contributed by atoms with Crippen molar-refractivity contribution in [1.29, 1.82) is 0 Å². The van der Waals surface area contributed by atoms with Crippen LogP contribution >= 0.6 is 0 Å². The van der Waals surface area contributed by atoms with Gasteiger partial charge in [0, 0.05) is 36.1 Å². The van der Waals surface area contributed by atoms with Crippen LogP contribution < -0.4 is 5.32 Å². The van der Waals surface area contributed by atoms with Crippen molar-refractivity contribution in [3.8, 4) is 11.1 Å². The molecule has 0 unspecified atom stereocenters. The van der Waals surface area contributed by atoms with E-state index in [-0.39, 0.29) is 5.91 Å². The molecule has 0 bridgehead atoms. The Labute approximate surface area is 159 Å². The van der Waals surface area contributed by atoms with Crippen LogP contribution in [0.5, 0.6) is 0 Å². The van der Waals surface area contributed by atoms with Crippen LogP contribution in [-0.2, 0) is 6.54 Å². The number of hydrogen-bond donors (Lipinski definition) is 1. The predicted octanol–water partition coefficient (Wildman–Crippen LogP) is 5.25. The highest BCUT2D eigenvalue weighted by molar-refractivity contribution is 5.99. The average molecular weight is 357 g/mol. The molecule has 1 aliphatic rings. The molecule has 4 rings (SSSR count). The van der Waals surface area contributed by atoms with E-state index in [9.17, 15) is 4.79 Å². The number of carbonyl (C=O) groups excluding carboxylic acids is 1. The molecule has 1 aliphatic heterocycles. The lowest BCUT2D eigenvalue weighted by Gasteiger charge is -2.14. The van der Waals surface area contributed by atoms with Gasteiger partial charge in [-0.2, -0.15) is 0 Å². The van der Waals surface area contributed by atoms with Gasteiger partial charge in [0.1, 0.15) is 0 Å². The van der Waals surface area contributed by atoms with Crippen LogP contribution in [0.1, 0.15) is 35.7 Å². The first kappa shape index (κ1) is 17.3. The maximum absolute atomic E-state index is 12.5. The molecular formula is C23H23N3O. The molecule has 2 heterocycles. The normalized spacial score (nSPS) is 12.9. The van der Waals surface area contributed by atoms with Gasteiger partial charge < -0.3 is 10.2 Å². The van der Waals surface area contributed by atoms with E-state index in [1.807, 2.05) is 47.5 Å². The van der Waals surface area contributed by atoms with Gasteiger partial charge in [-0.25, -0.2) is 0 Å². The van der Waals surface area contributed by atoms with E-state index in [1.165, 1.54) is 0 Å². The summed E-state index contributed by atoms with van der Waals surface area (Å²) < 4.78 is 0. The Balaban J connectivity index is 1.59. The molecule has 0 spiro atoms. The van der Waals surface area contributed by atoms with Crippen LogP contribution in [-0.4, -0.2) is 22.3 Å². The van der Waals surface area contributed by atoms with E-state index in [0.29, 0.717) is 6.54 Å². The fourth-order valence-electron chi connectivity index (χ4n) is 3.51. The molecule has 1 N–H and O–H groups in total. The summed E-state index contributed by atoms with van der Waals surface area (Å²) in [5, 5.41) is 3.48. The third-order valence-corrected chi connectivity index (χ3v) is 4.95. The van der Waals surface area contributed by atoms with E-state index in [1.54, 1.807) is 6.20 Å². The first-order chi connectivity index (χ1) is 13.3.